The summed E-state index contributed by atoms with van der Waals surface area (Å²) >= 11 is 0. The first kappa shape index (κ1) is 13.5. The Morgan fingerprint density at radius 3 is 2.60 bits per heavy atom. The highest BCUT2D eigenvalue weighted by atomic mass is 16.4. The fourth-order valence-electron chi connectivity index (χ4n) is 1.47. The van der Waals surface area contributed by atoms with Gasteiger partial charge in [0.15, 0.2) is 5.69 Å². The number of carbonyl (C=O) groups is 2. The van der Waals surface area contributed by atoms with Gasteiger partial charge in [0.25, 0.3) is 5.91 Å². The van der Waals surface area contributed by atoms with Crippen molar-refractivity contribution in [2.45, 2.75) is 6.92 Å². The number of hydrazone groups is 1. The molecule has 1 amide bonds. The van der Waals surface area contributed by atoms with Crippen molar-refractivity contribution in [3.63, 3.8) is 0 Å². The van der Waals surface area contributed by atoms with Crippen LogP contribution in [0.15, 0.2) is 35.4 Å². The van der Waals surface area contributed by atoms with E-state index >= 15 is 0 Å². The highest BCUT2D eigenvalue weighted by Gasteiger charge is 2.07. The largest absolute Gasteiger partial charge is 0.478 e. The maximum absolute atomic E-state index is 11.6. The molecule has 2 aromatic rings. The van der Waals surface area contributed by atoms with Gasteiger partial charge in [0.1, 0.15) is 0 Å². The van der Waals surface area contributed by atoms with Gasteiger partial charge in [-0.15, -0.1) is 0 Å². The molecule has 0 aliphatic carbocycles. The summed E-state index contributed by atoms with van der Waals surface area (Å²) in [7, 11) is 0. The molecule has 0 atom stereocenters. The van der Waals surface area contributed by atoms with Crippen molar-refractivity contribution < 1.29 is 14.7 Å². The van der Waals surface area contributed by atoms with Crippen LogP contribution in [0.4, 0.5) is 0 Å². The number of nitrogens with one attached hydrogen (secondary N) is 2. The van der Waals surface area contributed by atoms with Crippen molar-refractivity contribution in [2.75, 3.05) is 0 Å². The van der Waals surface area contributed by atoms with E-state index in [0.717, 1.165) is 5.69 Å². The first-order valence-electron chi connectivity index (χ1n) is 5.75. The predicted octanol–water partition coefficient (Wildman–Crippen LogP) is 1.18. The van der Waals surface area contributed by atoms with Crippen LogP contribution in [0, 0.1) is 6.92 Å². The molecule has 0 bridgehead atoms. The van der Waals surface area contributed by atoms with Gasteiger partial charge < -0.3 is 5.11 Å². The lowest BCUT2D eigenvalue weighted by Crippen LogP contribution is -2.18. The van der Waals surface area contributed by atoms with Crippen LogP contribution in [0.3, 0.4) is 0 Å². The fraction of sp³-hybridized carbons (Fsp3) is 0.0769. The van der Waals surface area contributed by atoms with E-state index in [1.54, 1.807) is 25.1 Å². The maximum Gasteiger partial charge on any atom is 0.335 e. The van der Waals surface area contributed by atoms with Crippen LogP contribution in [0.2, 0.25) is 0 Å². The lowest BCUT2D eigenvalue weighted by Gasteiger charge is -1.96. The molecule has 1 aromatic carbocycles. The van der Waals surface area contributed by atoms with Crippen LogP contribution in [-0.4, -0.2) is 33.4 Å². The number of benzene rings is 1. The van der Waals surface area contributed by atoms with E-state index in [-0.39, 0.29) is 11.3 Å². The lowest BCUT2D eigenvalue weighted by atomic mass is 10.1. The van der Waals surface area contributed by atoms with Crippen LogP contribution >= 0.6 is 0 Å². The Labute approximate surface area is 114 Å². The van der Waals surface area contributed by atoms with Crippen molar-refractivity contribution in [3.8, 4) is 0 Å². The molecule has 0 saturated heterocycles. The third-order valence-electron chi connectivity index (χ3n) is 2.48. The number of rotatable bonds is 4. The molecule has 0 aliphatic heterocycles. The Balaban J connectivity index is 1.96. The Kier molecular flexibility index (Phi) is 3.90. The SMILES string of the molecule is Cc1cc(C(=O)N/N=C\c2ccc(C(=O)O)cc2)n[nH]1. The number of hydrogen-bond donors (Lipinski definition) is 3. The number of aryl methyl sites for hydroxylation is 1. The summed E-state index contributed by atoms with van der Waals surface area (Å²) < 4.78 is 0. The quantitative estimate of drug-likeness (QED) is 0.573. The zero-order valence-electron chi connectivity index (χ0n) is 10.6. The van der Waals surface area contributed by atoms with E-state index in [2.05, 4.69) is 20.7 Å². The monoisotopic (exact) mass is 272 g/mol. The van der Waals surface area contributed by atoms with Gasteiger partial charge in [-0.2, -0.15) is 10.2 Å². The number of nitrogens with zero attached hydrogens (tertiary/aromatic N) is 2. The number of hydrogen-bond acceptors (Lipinski definition) is 4. The fourth-order valence-corrected chi connectivity index (χ4v) is 1.47. The second-order valence-corrected chi connectivity index (χ2v) is 4.06. The van der Waals surface area contributed by atoms with Crippen LogP contribution in [0.1, 0.15) is 32.1 Å². The van der Waals surface area contributed by atoms with Gasteiger partial charge in [0.05, 0.1) is 11.8 Å². The molecule has 0 fully saturated rings. The van der Waals surface area contributed by atoms with Crippen molar-refractivity contribution in [3.05, 3.63) is 52.8 Å². The van der Waals surface area contributed by atoms with Gasteiger partial charge >= 0.3 is 5.97 Å². The summed E-state index contributed by atoms with van der Waals surface area (Å²) in [4.78, 5) is 22.3. The van der Waals surface area contributed by atoms with Gasteiger partial charge in [0.2, 0.25) is 0 Å². The Bertz CT molecular complexity index is 659. The minimum atomic E-state index is -0.990. The lowest BCUT2D eigenvalue weighted by molar-refractivity contribution is 0.0696. The standard InChI is InChI=1S/C13H12N4O3/c1-8-6-11(16-15-8)12(18)17-14-7-9-2-4-10(5-3-9)13(19)20/h2-7H,1H3,(H,15,16)(H,17,18)(H,19,20)/b14-7-. The zero-order valence-corrected chi connectivity index (χ0v) is 10.6. The molecule has 102 valence electrons. The van der Waals surface area contributed by atoms with Crippen molar-refractivity contribution in [1.29, 1.82) is 0 Å². The molecular weight excluding hydrogens is 260 g/mol. The highest BCUT2D eigenvalue weighted by Crippen LogP contribution is 2.02. The molecule has 1 heterocycles. The van der Waals surface area contributed by atoms with Gasteiger partial charge in [-0.3, -0.25) is 9.89 Å². The Hall–Kier alpha value is -2.96. The van der Waals surface area contributed by atoms with Crippen molar-refractivity contribution >= 4 is 18.1 Å². The average Bonchev–Trinajstić information content (AvgIpc) is 2.86. The van der Waals surface area contributed by atoms with E-state index in [0.29, 0.717) is 5.56 Å². The minimum absolute atomic E-state index is 0.193. The molecule has 20 heavy (non-hydrogen) atoms. The topological polar surface area (TPSA) is 107 Å². The first-order valence-corrected chi connectivity index (χ1v) is 5.75. The van der Waals surface area contributed by atoms with Gasteiger partial charge in [-0.25, -0.2) is 10.2 Å². The summed E-state index contributed by atoms with van der Waals surface area (Å²) in [5.74, 6) is -1.41. The molecule has 3 N–H and O–H groups in total. The number of aromatic carboxylic acids is 1. The Morgan fingerprint density at radius 2 is 2.05 bits per heavy atom. The first-order chi connectivity index (χ1) is 9.56. The number of H-pyrrole nitrogens is 1. The number of amides is 1. The molecule has 2 rings (SSSR count). The molecule has 1 aromatic heterocycles. The molecule has 7 nitrogen and oxygen atoms in total. The number of aromatic nitrogens is 2. The normalized spacial score (nSPS) is 10.7. The smallest absolute Gasteiger partial charge is 0.335 e. The molecule has 7 heteroatoms. The second kappa shape index (κ2) is 5.79. The van der Waals surface area contributed by atoms with Crippen LogP contribution < -0.4 is 5.43 Å². The summed E-state index contributed by atoms with van der Waals surface area (Å²) in [6.07, 6.45) is 1.42. The summed E-state index contributed by atoms with van der Waals surface area (Å²) in [5, 5.41) is 19.0. The number of carbonyl (C=O) groups excluding carboxylic acids is 1. The van der Waals surface area contributed by atoms with Gasteiger partial charge in [-0.05, 0) is 30.7 Å². The minimum Gasteiger partial charge on any atom is -0.478 e. The van der Waals surface area contributed by atoms with Crippen molar-refractivity contribution in [2.24, 2.45) is 5.10 Å². The summed E-state index contributed by atoms with van der Waals surface area (Å²) in [5.41, 5.74) is 4.23. The molecule has 0 saturated carbocycles. The van der Waals surface area contributed by atoms with Crippen LogP contribution in [-0.2, 0) is 0 Å². The summed E-state index contributed by atoms with van der Waals surface area (Å²) in [6, 6.07) is 7.72. The van der Waals surface area contributed by atoms with E-state index < -0.39 is 11.9 Å². The van der Waals surface area contributed by atoms with E-state index in [1.807, 2.05) is 0 Å². The predicted molar refractivity (Wildman–Crippen MR) is 71.8 cm³/mol. The third-order valence-corrected chi connectivity index (χ3v) is 2.48. The zero-order chi connectivity index (χ0) is 14.5. The van der Waals surface area contributed by atoms with Crippen LogP contribution in [0.25, 0.3) is 0 Å². The third kappa shape index (κ3) is 3.29. The molecule has 0 aliphatic rings. The van der Waals surface area contributed by atoms with Crippen LogP contribution in [0.5, 0.6) is 0 Å². The number of carboxylic acids is 1. The second-order valence-electron chi connectivity index (χ2n) is 4.06. The van der Waals surface area contributed by atoms with E-state index in [1.165, 1.54) is 18.3 Å². The average molecular weight is 272 g/mol. The number of aromatic amines is 1. The highest BCUT2D eigenvalue weighted by molar-refractivity contribution is 5.93. The summed E-state index contributed by atoms with van der Waals surface area (Å²) in [6.45, 7) is 1.79. The molecule has 0 spiro atoms. The number of carboxylic acid groups (broad SMARTS) is 1. The van der Waals surface area contributed by atoms with Gasteiger partial charge in [0, 0.05) is 5.69 Å². The van der Waals surface area contributed by atoms with E-state index in [9.17, 15) is 9.59 Å². The van der Waals surface area contributed by atoms with Crippen molar-refractivity contribution in [1.82, 2.24) is 15.6 Å². The van der Waals surface area contributed by atoms with Gasteiger partial charge in [-0.1, -0.05) is 12.1 Å². The molecule has 0 unspecified atom stereocenters. The molecular formula is C13H12N4O3. The van der Waals surface area contributed by atoms with E-state index in [4.69, 9.17) is 5.11 Å². The Morgan fingerprint density at radius 1 is 1.35 bits per heavy atom. The molecule has 0 radical (unpaired) electrons. The maximum atomic E-state index is 11.6.